The van der Waals surface area contributed by atoms with Gasteiger partial charge < -0.3 is 15.1 Å². The summed E-state index contributed by atoms with van der Waals surface area (Å²) < 4.78 is -0.450. The number of anilines is 1. The first-order valence-corrected chi connectivity index (χ1v) is 9.26. The zero-order valence-corrected chi connectivity index (χ0v) is 15.2. The van der Waals surface area contributed by atoms with Crippen LogP contribution in [0.25, 0.3) is 0 Å². The van der Waals surface area contributed by atoms with Crippen molar-refractivity contribution in [2.75, 3.05) is 36.8 Å². The maximum absolute atomic E-state index is 12.7. The van der Waals surface area contributed by atoms with Crippen LogP contribution in [-0.2, 0) is 9.59 Å². The first-order chi connectivity index (χ1) is 11.4. The lowest BCUT2D eigenvalue weighted by Crippen LogP contribution is -2.60. The second-order valence-corrected chi connectivity index (χ2v) is 8.46. The predicted octanol–water partition coefficient (Wildman–Crippen LogP) is 1.05. The highest BCUT2D eigenvalue weighted by Gasteiger charge is 2.39. The number of carbonyl (C=O) groups excluding carboxylic acids is 2. The van der Waals surface area contributed by atoms with Gasteiger partial charge in [0.2, 0.25) is 11.8 Å². The van der Waals surface area contributed by atoms with Gasteiger partial charge in [-0.2, -0.15) is 0 Å². The zero-order valence-electron chi connectivity index (χ0n) is 14.4. The molecule has 0 spiro atoms. The maximum atomic E-state index is 12.7. The maximum Gasteiger partial charge on any atom is 0.246 e. The number of nitrogens with one attached hydrogen (secondary N) is 1. The van der Waals surface area contributed by atoms with E-state index in [1.807, 2.05) is 31.0 Å². The summed E-state index contributed by atoms with van der Waals surface area (Å²) in [6.07, 6.45) is 3.67. The van der Waals surface area contributed by atoms with E-state index in [0.717, 1.165) is 18.7 Å². The number of aryl methyl sites for hydroxylation is 1. The highest BCUT2D eigenvalue weighted by atomic mass is 32.2. The number of hydrogen-bond donors (Lipinski definition) is 1. The van der Waals surface area contributed by atoms with E-state index in [9.17, 15) is 9.59 Å². The average Bonchev–Trinajstić information content (AvgIpc) is 2.57. The van der Waals surface area contributed by atoms with Gasteiger partial charge in [0, 0.05) is 50.0 Å². The van der Waals surface area contributed by atoms with Gasteiger partial charge in [-0.05, 0) is 32.4 Å². The average molecular weight is 348 g/mol. The number of amides is 2. The Labute approximate surface area is 147 Å². The molecule has 1 atom stereocenters. The van der Waals surface area contributed by atoms with Crippen LogP contribution < -0.4 is 10.2 Å². The molecule has 2 aliphatic heterocycles. The van der Waals surface area contributed by atoms with Crippen molar-refractivity contribution in [3.05, 3.63) is 24.0 Å². The molecule has 2 amide bonds. The van der Waals surface area contributed by atoms with Crippen LogP contribution in [0.15, 0.2) is 18.5 Å². The molecule has 0 radical (unpaired) electrons. The minimum absolute atomic E-state index is 0.0393. The molecular formula is C17H24N4O2S. The molecule has 0 saturated carbocycles. The summed E-state index contributed by atoms with van der Waals surface area (Å²) in [5.41, 5.74) is 2.33. The van der Waals surface area contributed by atoms with Crippen LogP contribution in [0.2, 0.25) is 0 Å². The minimum atomic E-state index is -0.450. The molecule has 3 rings (SSSR count). The normalized spacial score (nSPS) is 23.8. The van der Waals surface area contributed by atoms with Crippen molar-refractivity contribution >= 4 is 29.3 Å². The second-order valence-electron chi connectivity index (χ2n) is 6.82. The number of pyridine rings is 1. The lowest BCUT2D eigenvalue weighted by molar-refractivity contribution is -0.136. The van der Waals surface area contributed by atoms with Crippen molar-refractivity contribution in [1.82, 2.24) is 15.2 Å². The van der Waals surface area contributed by atoms with Crippen LogP contribution in [0.4, 0.5) is 5.69 Å². The van der Waals surface area contributed by atoms with Crippen molar-refractivity contribution in [3.63, 3.8) is 0 Å². The Bertz CT molecular complexity index is 641. The SMILES string of the molecule is Cc1cnccc1N1CCN(C(=O)C2CSC(C)(C)C(=O)N2)CC1. The fourth-order valence-corrected chi connectivity index (χ4v) is 4.07. The first-order valence-electron chi connectivity index (χ1n) is 8.28. The fourth-order valence-electron chi connectivity index (χ4n) is 3.07. The largest absolute Gasteiger partial charge is 0.368 e. The van der Waals surface area contributed by atoms with E-state index in [4.69, 9.17) is 0 Å². The number of thioether (sulfide) groups is 1. The summed E-state index contributed by atoms with van der Waals surface area (Å²) >= 11 is 1.55. The lowest BCUT2D eigenvalue weighted by atomic mass is 10.1. The lowest BCUT2D eigenvalue weighted by Gasteiger charge is -2.40. The van der Waals surface area contributed by atoms with Gasteiger partial charge in [0.15, 0.2) is 0 Å². The minimum Gasteiger partial charge on any atom is -0.368 e. The Morgan fingerprint density at radius 1 is 1.33 bits per heavy atom. The van der Waals surface area contributed by atoms with E-state index in [0.29, 0.717) is 18.8 Å². The summed E-state index contributed by atoms with van der Waals surface area (Å²) in [5, 5.41) is 2.88. The van der Waals surface area contributed by atoms with E-state index in [-0.39, 0.29) is 11.8 Å². The molecule has 0 bridgehead atoms. The van der Waals surface area contributed by atoms with Crippen LogP contribution in [-0.4, -0.2) is 64.4 Å². The number of rotatable bonds is 2. The Balaban J connectivity index is 1.58. The molecule has 2 saturated heterocycles. The molecule has 24 heavy (non-hydrogen) atoms. The topological polar surface area (TPSA) is 65.5 Å². The number of aromatic nitrogens is 1. The smallest absolute Gasteiger partial charge is 0.246 e. The molecule has 2 aliphatic rings. The van der Waals surface area contributed by atoms with Crippen molar-refractivity contribution in [2.24, 2.45) is 0 Å². The van der Waals surface area contributed by atoms with E-state index >= 15 is 0 Å². The van der Waals surface area contributed by atoms with E-state index in [2.05, 4.69) is 22.1 Å². The van der Waals surface area contributed by atoms with E-state index in [1.165, 1.54) is 5.69 Å². The second kappa shape index (κ2) is 6.63. The van der Waals surface area contributed by atoms with Gasteiger partial charge in [-0.3, -0.25) is 14.6 Å². The van der Waals surface area contributed by atoms with Gasteiger partial charge in [-0.15, -0.1) is 11.8 Å². The Kier molecular flexibility index (Phi) is 4.71. The fraction of sp³-hybridized carbons (Fsp3) is 0.588. The van der Waals surface area contributed by atoms with Gasteiger partial charge in [0.25, 0.3) is 0 Å². The summed E-state index contributed by atoms with van der Waals surface area (Å²) in [6, 6.07) is 1.62. The molecule has 2 fully saturated rings. The van der Waals surface area contributed by atoms with Crippen LogP contribution >= 0.6 is 11.8 Å². The third-order valence-electron chi connectivity index (χ3n) is 4.68. The summed E-state index contributed by atoms with van der Waals surface area (Å²) in [6.45, 7) is 8.80. The van der Waals surface area contributed by atoms with Gasteiger partial charge in [0.05, 0.1) is 4.75 Å². The molecule has 7 heteroatoms. The molecule has 1 unspecified atom stereocenters. The highest BCUT2D eigenvalue weighted by molar-refractivity contribution is 8.01. The summed E-state index contributed by atoms with van der Waals surface area (Å²) in [4.78, 5) is 33.1. The molecule has 0 aromatic carbocycles. The van der Waals surface area contributed by atoms with Crippen LogP contribution in [0.5, 0.6) is 0 Å². The molecule has 1 aromatic heterocycles. The van der Waals surface area contributed by atoms with Crippen LogP contribution in [0, 0.1) is 6.92 Å². The van der Waals surface area contributed by atoms with Crippen LogP contribution in [0.3, 0.4) is 0 Å². The molecule has 130 valence electrons. The quantitative estimate of drug-likeness (QED) is 0.865. The zero-order chi connectivity index (χ0) is 17.3. The van der Waals surface area contributed by atoms with Gasteiger partial charge in [0.1, 0.15) is 6.04 Å². The third kappa shape index (κ3) is 3.36. The Hall–Kier alpha value is -1.76. The van der Waals surface area contributed by atoms with Crippen molar-refractivity contribution in [2.45, 2.75) is 31.6 Å². The highest BCUT2D eigenvalue weighted by Crippen LogP contribution is 2.29. The molecule has 0 aliphatic carbocycles. The molecule has 1 aromatic rings. The predicted molar refractivity (Wildman–Crippen MR) is 96.2 cm³/mol. The van der Waals surface area contributed by atoms with E-state index < -0.39 is 10.8 Å². The number of hydrogen-bond acceptors (Lipinski definition) is 5. The van der Waals surface area contributed by atoms with Gasteiger partial charge in [-0.25, -0.2) is 0 Å². The summed E-state index contributed by atoms with van der Waals surface area (Å²) in [5.74, 6) is 0.627. The van der Waals surface area contributed by atoms with Crippen molar-refractivity contribution in [3.8, 4) is 0 Å². The molecule has 6 nitrogen and oxygen atoms in total. The van der Waals surface area contributed by atoms with Gasteiger partial charge in [-0.1, -0.05) is 0 Å². The molecule has 1 N–H and O–H groups in total. The first kappa shape index (κ1) is 17.1. The standard InChI is InChI=1S/C17H24N4O2S/c1-12-10-18-5-4-14(12)20-6-8-21(9-7-20)15(22)13-11-24-17(2,3)16(23)19-13/h4-5,10,13H,6-9,11H2,1-3H3,(H,19,23). The number of nitrogens with zero attached hydrogens (tertiary/aromatic N) is 3. The van der Waals surface area contributed by atoms with Gasteiger partial charge >= 0.3 is 0 Å². The summed E-state index contributed by atoms with van der Waals surface area (Å²) in [7, 11) is 0. The Morgan fingerprint density at radius 2 is 2.04 bits per heavy atom. The number of piperazine rings is 1. The molecular weight excluding hydrogens is 324 g/mol. The van der Waals surface area contributed by atoms with E-state index in [1.54, 1.807) is 18.0 Å². The Morgan fingerprint density at radius 3 is 2.67 bits per heavy atom. The van der Waals surface area contributed by atoms with Crippen molar-refractivity contribution in [1.29, 1.82) is 0 Å². The number of carbonyl (C=O) groups is 2. The monoisotopic (exact) mass is 348 g/mol. The molecule has 3 heterocycles. The van der Waals surface area contributed by atoms with Crippen molar-refractivity contribution < 1.29 is 9.59 Å². The third-order valence-corrected chi connectivity index (χ3v) is 6.09. The van der Waals surface area contributed by atoms with Crippen LogP contribution in [0.1, 0.15) is 19.4 Å².